The van der Waals surface area contributed by atoms with Gasteiger partial charge in [0.1, 0.15) is 12.2 Å². The van der Waals surface area contributed by atoms with Crippen LogP contribution in [0.1, 0.15) is 12.0 Å². The summed E-state index contributed by atoms with van der Waals surface area (Å²) in [6.45, 7) is 2.78. The third-order valence-electron chi connectivity index (χ3n) is 3.65. The molecule has 1 aromatic carbocycles. The maximum absolute atomic E-state index is 13.9. The summed E-state index contributed by atoms with van der Waals surface area (Å²) in [5.74, 6) is 0.000874. The van der Waals surface area contributed by atoms with E-state index >= 15 is 0 Å². The topological polar surface area (TPSA) is 39.7 Å². The molecule has 0 radical (unpaired) electrons. The number of halogens is 1. The molecule has 3 atom stereocenters. The van der Waals surface area contributed by atoms with Gasteiger partial charge in [-0.1, -0.05) is 12.1 Å². The van der Waals surface area contributed by atoms with Crippen molar-refractivity contribution in [1.82, 2.24) is 5.32 Å². The lowest BCUT2D eigenvalue weighted by molar-refractivity contribution is -0.115. The molecule has 4 nitrogen and oxygen atoms in total. The Morgan fingerprint density at radius 2 is 2.15 bits per heavy atom. The summed E-state index contributed by atoms with van der Waals surface area (Å²) >= 11 is 0. The maximum Gasteiger partial charge on any atom is 0.167 e. The van der Waals surface area contributed by atoms with Crippen LogP contribution < -0.4 is 10.1 Å². The van der Waals surface area contributed by atoms with Gasteiger partial charge in [-0.25, -0.2) is 4.39 Å². The van der Waals surface area contributed by atoms with Crippen molar-refractivity contribution < 1.29 is 18.6 Å². The van der Waals surface area contributed by atoms with E-state index < -0.39 is 0 Å². The molecule has 0 heterocycles. The fourth-order valence-corrected chi connectivity index (χ4v) is 2.34. The van der Waals surface area contributed by atoms with Crippen LogP contribution in [0.25, 0.3) is 0 Å². The van der Waals surface area contributed by atoms with Crippen LogP contribution >= 0.6 is 0 Å². The molecule has 3 unspecified atom stereocenters. The average molecular weight is 283 g/mol. The van der Waals surface area contributed by atoms with E-state index in [1.165, 1.54) is 0 Å². The van der Waals surface area contributed by atoms with E-state index in [1.54, 1.807) is 32.2 Å². The fraction of sp³-hybridized carbons (Fsp3) is 0.600. The van der Waals surface area contributed by atoms with Crippen LogP contribution in [-0.2, 0) is 9.47 Å². The third-order valence-corrected chi connectivity index (χ3v) is 3.65. The number of hydrogen-bond donors (Lipinski definition) is 1. The highest BCUT2D eigenvalue weighted by Crippen LogP contribution is 2.30. The summed E-state index contributed by atoms with van der Waals surface area (Å²) in [5, 5.41) is 3.18. The van der Waals surface area contributed by atoms with Crippen LogP contribution in [0.2, 0.25) is 0 Å². The first kappa shape index (κ1) is 15.2. The Labute approximate surface area is 119 Å². The van der Waals surface area contributed by atoms with Gasteiger partial charge in [0.15, 0.2) is 11.6 Å². The van der Waals surface area contributed by atoms with Gasteiger partial charge in [-0.15, -0.1) is 0 Å². The van der Waals surface area contributed by atoms with Gasteiger partial charge >= 0.3 is 0 Å². The van der Waals surface area contributed by atoms with Crippen LogP contribution in [0.3, 0.4) is 0 Å². The van der Waals surface area contributed by atoms with Crippen LogP contribution in [0, 0.1) is 12.7 Å². The summed E-state index contributed by atoms with van der Waals surface area (Å²) in [4.78, 5) is 0. The number of likely N-dealkylation sites (N-methyl/N-ethyl adjacent to an activating group) is 1. The maximum atomic E-state index is 13.9. The zero-order chi connectivity index (χ0) is 14.5. The zero-order valence-electron chi connectivity index (χ0n) is 12.2. The van der Waals surface area contributed by atoms with Crippen molar-refractivity contribution in [2.24, 2.45) is 0 Å². The Hall–Kier alpha value is -1.17. The van der Waals surface area contributed by atoms with E-state index in [9.17, 15) is 4.39 Å². The number of aryl methyl sites for hydroxylation is 1. The van der Waals surface area contributed by atoms with Crippen molar-refractivity contribution in [2.75, 3.05) is 27.4 Å². The van der Waals surface area contributed by atoms with Crippen LogP contribution in [0.5, 0.6) is 5.75 Å². The highest BCUT2D eigenvalue weighted by molar-refractivity contribution is 5.30. The van der Waals surface area contributed by atoms with Crippen molar-refractivity contribution in [1.29, 1.82) is 0 Å². The average Bonchev–Trinajstić information content (AvgIpc) is 2.43. The molecule has 112 valence electrons. The first-order valence-corrected chi connectivity index (χ1v) is 6.87. The number of ether oxygens (including phenoxy) is 3. The molecular weight excluding hydrogens is 261 g/mol. The van der Waals surface area contributed by atoms with Crippen molar-refractivity contribution in [3.8, 4) is 5.75 Å². The molecule has 0 saturated heterocycles. The normalized spacial score (nSPS) is 25.3. The molecule has 2 rings (SSSR count). The minimum Gasteiger partial charge on any atom is -0.485 e. The quantitative estimate of drug-likeness (QED) is 0.776. The van der Waals surface area contributed by atoms with E-state index in [1.807, 2.05) is 7.05 Å². The lowest BCUT2D eigenvalue weighted by atomic mass is 9.85. The second-order valence-electron chi connectivity index (χ2n) is 5.00. The molecule has 1 aliphatic carbocycles. The van der Waals surface area contributed by atoms with Gasteiger partial charge in [-0.05, 0) is 25.6 Å². The molecular formula is C15H22FNO3. The van der Waals surface area contributed by atoms with Gasteiger partial charge < -0.3 is 19.5 Å². The van der Waals surface area contributed by atoms with Crippen molar-refractivity contribution in [2.45, 2.75) is 31.6 Å². The minimum absolute atomic E-state index is 0.0740. The molecule has 1 aromatic rings. The molecule has 0 bridgehead atoms. The Morgan fingerprint density at radius 3 is 2.85 bits per heavy atom. The molecule has 0 spiro atoms. The molecule has 1 N–H and O–H groups in total. The fourth-order valence-electron chi connectivity index (χ4n) is 2.34. The van der Waals surface area contributed by atoms with Crippen molar-refractivity contribution in [3.63, 3.8) is 0 Å². The molecule has 1 saturated carbocycles. The number of methoxy groups -OCH3 is 1. The Morgan fingerprint density at radius 1 is 1.35 bits per heavy atom. The van der Waals surface area contributed by atoms with Crippen molar-refractivity contribution in [3.05, 3.63) is 29.6 Å². The Kier molecular flexibility index (Phi) is 5.34. The van der Waals surface area contributed by atoms with Gasteiger partial charge in [-0.2, -0.15) is 0 Å². The largest absolute Gasteiger partial charge is 0.485 e. The molecule has 1 aliphatic rings. The highest BCUT2D eigenvalue weighted by Gasteiger charge is 2.43. The molecule has 0 amide bonds. The van der Waals surface area contributed by atoms with E-state index in [0.717, 1.165) is 6.42 Å². The first-order chi connectivity index (χ1) is 9.67. The number of nitrogens with one attached hydrogen (secondary N) is 1. The number of hydrogen-bond acceptors (Lipinski definition) is 4. The smallest absolute Gasteiger partial charge is 0.167 e. The second-order valence-corrected chi connectivity index (χ2v) is 5.00. The molecule has 1 fully saturated rings. The first-order valence-electron chi connectivity index (χ1n) is 6.87. The van der Waals surface area contributed by atoms with Gasteiger partial charge in [0, 0.05) is 19.6 Å². The third kappa shape index (κ3) is 3.29. The molecule has 20 heavy (non-hydrogen) atoms. The Bertz CT molecular complexity index is 441. The predicted octanol–water partition coefficient (Wildman–Crippen LogP) is 1.90. The predicted molar refractivity (Wildman–Crippen MR) is 74.6 cm³/mol. The van der Waals surface area contributed by atoms with Crippen LogP contribution in [0.4, 0.5) is 4.39 Å². The van der Waals surface area contributed by atoms with E-state index in [4.69, 9.17) is 14.2 Å². The van der Waals surface area contributed by atoms with Crippen molar-refractivity contribution >= 4 is 0 Å². The lowest BCUT2D eigenvalue weighted by Crippen LogP contribution is -2.60. The van der Waals surface area contributed by atoms with Gasteiger partial charge in [0.25, 0.3) is 0 Å². The van der Waals surface area contributed by atoms with E-state index in [2.05, 4.69) is 5.32 Å². The van der Waals surface area contributed by atoms with Crippen LogP contribution in [-0.4, -0.2) is 45.6 Å². The summed E-state index contributed by atoms with van der Waals surface area (Å²) in [6.07, 6.45) is 0.609. The lowest BCUT2D eigenvalue weighted by Gasteiger charge is -2.43. The van der Waals surface area contributed by atoms with Gasteiger partial charge in [-0.3, -0.25) is 0 Å². The van der Waals surface area contributed by atoms with Gasteiger partial charge in [0.05, 0.1) is 13.2 Å². The monoisotopic (exact) mass is 283 g/mol. The van der Waals surface area contributed by atoms with E-state index in [-0.39, 0.29) is 24.1 Å². The van der Waals surface area contributed by atoms with Crippen LogP contribution in [0.15, 0.2) is 18.2 Å². The summed E-state index contributed by atoms with van der Waals surface area (Å²) in [7, 11) is 3.52. The van der Waals surface area contributed by atoms with E-state index in [0.29, 0.717) is 24.5 Å². The standard InChI is InChI=1S/C15H22FNO3/c1-10-5-4-6-12(14(10)16)20-13-9-11(17-2)15(13)19-8-7-18-3/h4-6,11,13,15,17H,7-9H2,1-3H3. The second kappa shape index (κ2) is 7.02. The molecule has 0 aromatic heterocycles. The summed E-state index contributed by atoms with van der Waals surface area (Å²) in [6, 6.07) is 5.42. The SMILES string of the molecule is CNC1CC(Oc2cccc(C)c2F)C1OCCOC. The zero-order valence-corrected chi connectivity index (χ0v) is 12.2. The molecule has 5 heteroatoms. The minimum atomic E-state index is -0.295. The summed E-state index contributed by atoms with van der Waals surface area (Å²) in [5.41, 5.74) is 0.587. The highest BCUT2D eigenvalue weighted by atomic mass is 19.1. The number of rotatable bonds is 7. The van der Waals surface area contributed by atoms with Gasteiger partial charge in [0.2, 0.25) is 0 Å². The Balaban J connectivity index is 1.96. The molecule has 0 aliphatic heterocycles. The number of benzene rings is 1. The summed E-state index contributed by atoms with van der Waals surface area (Å²) < 4.78 is 30.4.